The van der Waals surface area contributed by atoms with Gasteiger partial charge in [0.25, 0.3) is 0 Å². The molecule has 12 nitrogen and oxygen atoms in total. The van der Waals surface area contributed by atoms with E-state index in [2.05, 4.69) is 0 Å². The second-order valence-electron chi connectivity index (χ2n) is 7.77. The van der Waals surface area contributed by atoms with E-state index in [4.69, 9.17) is 18.6 Å². The number of hydrogen-bond donors (Lipinski definition) is 7. The lowest BCUT2D eigenvalue weighted by Crippen LogP contribution is -2.58. The number of rotatable bonds is 4. The highest BCUT2D eigenvalue weighted by Gasteiger charge is 2.43. The number of phenolic OH excluding ortho intramolecular Hbond substituents is 4. The minimum Gasteiger partial charge on any atom is -0.507 e. The van der Waals surface area contributed by atoms with Crippen molar-refractivity contribution in [1.82, 2.24) is 0 Å². The highest BCUT2D eigenvalue weighted by atomic mass is 16.7. The predicted octanol–water partition coefficient (Wildman–Crippen LogP) is 0.497. The van der Waals surface area contributed by atoms with Crippen LogP contribution in [0.25, 0.3) is 22.3 Å². The third-order valence-electron chi connectivity index (χ3n) is 5.50. The smallest absolute Gasteiger partial charge is 0.239 e. The maximum atomic E-state index is 13.0. The molecule has 0 spiro atoms. The van der Waals surface area contributed by atoms with Gasteiger partial charge in [-0.2, -0.15) is 0 Å². The monoisotopic (exact) mass is 478 g/mol. The van der Waals surface area contributed by atoms with Crippen molar-refractivity contribution in [3.63, 3.8) is 0 Å². The van der Waals surface area contributed by atoms with Gasteiger partial charge < -0.3 is 54.4 Å². The molecule has 0 amide bonds. The van der Waals surface area contributed by atoms with E-state index in [0.717, 1.165) is 18.2 Å². The number of fused-ring (bicyclic) bond motifs is 1. The Hall–Kier alpha value is -3.71. The van der Waals surface area contributed by atoms with Gasteiger partial charge in [0.05, 0.1) is 13.2 Å². The van der Waals surface area contributed by atoms with Crippen LogP contribution in [-0.2, 0) is 4.74 Å². The molecule has 0 aliphatic carbocycles. The first kappa shape index (κ1) is 23.4. The summed E-state index contributed by atoms with van der Waals surface area (Å²) in [5.41, 5.74) is -0.996. The zero-order valence-corrected chi connectivity index (χ0v) is 17.9. The van der Waals surface area contributed by atoms with Gasteiger partial charge in [-0.3, -0.25) is 4.79 Å². The van der Waals surface area contributed by atoms with Crippen LogP contribution in [0.15, 0.2) is 33.5 Å². The van der Waals surface area contributed by atoms with Gasteiger partial charge in [-0.25, -0.2) is 0 Å². The molecule has 0 unspecified atom stereocenters. The van der Waals surface area contributed by atoms with E-state index in [-0.39, 0.29) is 33.8 Å². The first-order valence-corrected chi connectivity index (χ1v) is 10.0. The van der Waals surface area contributed by atoms with Crippen LogP contribution >= 0.6 is 0 Å². The minimum atomic E-state index is -1.62. The first-order chi connectivity index (χ1) is 16.0. The fourth-order valence-corrected chi connectivity index (χ4v) is 3.68. The van der Waals surface area contributed by atoms with Crippen molar-refractivity contribution in [2.24, 2.45) is 0 Å². The molecule has 1 fully saturated rings. The maximum absolute atomic E-state index is 13.0. The minimum absolute atomic E-state index is 0.0218. The summed E-state index contributed by atoms with van der Waals surface area (Å²) in [5, 5.41) is 69.4. The van der Waals surface area contributed by atoms with Crippen molar-refractivity contribution in [1.29, 1.82) is 0 Å². The highest BCUT2D eigenvalue weighted by molar-refractivity contribution is 5.88. The topological polar surface area (TPSA) is 200 Å². The number of methoxy groups -OCH3 is 1. The second kappa shape index (κ2) is 8.57. The Kier molecular flexibility index (Phi) is 5.91. The molecule has 0 saturated carbocycles. The fourth-order valence-electron chi connectivity index (χ4n) is 3.68. The number of ether oxygens (including phenoxy) is 3. The Morgan fingerprint density at radius 3 is 2.15 bits per heavy atom. The van der Waals surface area contributed by atoms with E-state index < -0.39 is 59.1 Å². The van der Waals surface area contributed by atoms with Crippen LogP contribution in [0, 0.1) is 0 Å². The molecule has 5 atom stereocenters. The predicted molar refractivity (Wildman–Crippen MR) is 114 cm³/mol. The van der Waals surface area contributed by atoms with E-state index in [9.17, 15) is 40.5 Å². The van der Waals surface area contributed by atoms with Gasteiger partial charge >= 0.3 is 0 Å². The number of hydrogen-bond acceptors (Lipinski definition) is 12. The largest absolute Gasteiger partial charge is 0.507 e. The lowest BCUT2D eigenvalue weighted by Gasteiger charge is -2.38. The standard InChI is InChI=1S/C22H22O12/c1-7-15(26)18(29)19(30)22(32-7)33-9-5-10(23)14-13(6-9)34-20(21(31-2)17(14)28)8-3-11(24)16(27)12(25)4-8/h3-7,15,18-19,22-27,29-30H,1-2H3/t7-,15-,18+,19+,22+/m0/s1. The molecular weight excluding hydrogens is 456 g/mol. The zero-order valence-electron chi connectivity index (χ0n) is 17.9. The van der Waals surface area contributed by atoms with Crippen LogP contribution in [0.2, 0.25) is 0 Å². The highest BCUT2D eigenvalue weighted by Crippen LogP contribution is 2.42. The Bertz CT molecular complexity index is 1280. The molecule has 3 aromatic rings. The summed E-state index contributed by atoms with van der Waals surface area (Å²) < 4.78 is 21.8. The third-order valence-corrected chi connectivity index (χ3v) is 5.50. The Morgan fingerprint density at radius 1 is 0.882 bits per heavy atom. The van der Waals surface area contributed by atoms with Crippen LogP contribution in [0.5, 0.6) is 34.5 Å². The van der Waals surface area contributed by atoms with Crippen LogP contribution < -0.4 is 14.9 Å². The van der Waals surface area contributed by atoms with Gasteiger partial charge in [0.1, 0.15) is 40.8 Å². The Balaban J connectivity index is 1.82. The lowest BCUT2D eigenvalue weighted by atomic mass is 10.00. The molecule has 7 N–H and O–H groups in total. The first-order valence-electron chi connectivity index (χ1n) is 10.0. The molecule has 1 aliphatic heterocycles. The van der Waals surface area contributed by atoms with Crippen molar-refractivity contribution < 1.29 is 54.4 Å². The summed E-state index contributed by atoms with van der Waals surface area (Å²) in [6, 6.07) is 4.33. The van der Waals surface area contributed by atoms with Crippen LogP contribution in [0.1, 0.15) is 6.92 Å². The molecule has 1 saturated heterocycles. The van der Waals surface area contributed by atoms with E-state index in [1.165, 1.54) is 20.1 Å². The van der Waals surface area contributed by atoms with Gasteiger partial charge in [0.15, 0.2) is 23.0 Å². The van der Waals surface area contributed by atoms with Crippen LogP contribution in [0.3, 0.4) is 0 Å². The van der Waals surface area contributed by atoms with Gasteiger partial charge in [-0.1, -0.05) is 0 Å². The van der Waals surface area contributed by atoms with Gasteiger partial charge in [0.2, 0.25) is 17.5 Å². The van der Waals surface area contributed by atoms with Gasteiger partial charge in [0, 0.05) is 17.7 Å². The Morgan fingerprint density at radius 2 is 1.53 bits per heavy atom. The molecule has 4 rings (SSSR count). The molecule has 0 bridgehead atoms. The molecule has 12 heteroatoms. The number of aromatic hydroxyl groups is 4. The Labute approximate surface area is 191 Å². The molecular formula is C22H22O12. The normalized spacial score (nSPS) is 24.8. The maximum Gasteiger partial charge on any atom is 0.239 e. The van der Waals surface area contributed by atoms with Gasteiger partial charge in [-0.15, -0.1) is 0 Å². The van der Waals surface area contributed by atoms with Gasteiger partial charge in [-0.05, 0) is 19.1 Å². The number of aliphatic hydroxyl groups excluding tert-OH is 3. The lowest BCUT2D eigenvalue weighted by molar-refractivity contribution is -0.268. The zero-order chi connectivity index (χ0) is 24.9. The van der Waals surface area contributed by atoms with E-state index in [0.29, 0.717) is 0 Å². The van der Waals surface area contributed by atoms with Crippen molar-refractivity contribution in [2.75, 3.05) is 7.11 Å². The number of phenols is 4. The van der Waals surface area contributed by atoms with Crippen molar-refractivity contribution >= 4 is 11.0 Å². The van der Waals surface area contributed by atoms with Crippen molar-refractivity contribution in [3.05, 3.63) is 34.5 Å². The van der Waals surface area contributed by atoms with Crippen molar-refractivity contribution in [2.45, 2.75) is 37.6 Å². The molecule has 34 heavy (non-hydrogen) atoms. The summed E-state index contributed by atoms with van der Waals surface area (Å²) in [5.74, 6) is -3.38. The average Bonchev–Trinajstić information content (AvgIpc) is 2.78. The molecule has 2 heterocycles. The second-order valence-corrected chi connectivity index (χ2v) is 7.77. The third kappa shape index (κ3) is 3.82. The summed E-state index contributed by atoms with van der Waals surface area (Å²) in [7, 11) is 1.18. The summed E-state index contributed by atoms with van der Waals surface area (Å²) >= 11 is 0. The average molecular weight is 478 g/mol. The number of aliphatic hydroxyl groups is 3. The molecule has 182 valence electrons. The molecule has 1 aliphatic rings. The van der Waals surface area contributed by atoms with E-state index >= 15 is 0 Å². The summed E-state index contributed by atoms with van der Waals surface area (Å²) in [4.78, 5) is 13.0. The number of benzene rings is 2. The fraction of sp³-hybridized carbons (Fsp3) is 0.318. The SMILES string of the molecule is COc1c(-c2cc(O)c(O)c(O)c2)oc2cc(O[C@H]3O[C@@H](C)[C@H](O)[C@@H](O)[C@H]3O)cc(O)c2c1=O. The summed E-state index contributed by atoms with van der Waals surface area (Å²) in [6.07, 6.45) is -6.80. The summed E-state index contributed by atoms with van der Waals surface area (Å²) in [6.45, 7) is 1.47. The molecule has 1 aromatic heterocycles. The van der Waals surface area contributed by atoms with Crippen LogP contribution in [-0.4, -0.2) is 73.6 Å². The van der Waals surface area contributed by atoms with Crippen molar-refractivity contribution in [3.8, 4) is 45.8 Å². The quantitative estimate of drug-likeness (QED) is 0.257. The van der Waals surface area contributed by atoms with Crippen LogP contribution in [0.4, 0.5) is 0 Å². The molecule has 2 aromatic carbocycles. The van der Waals surface area contributed by atoms with E-state index in [1.54, 1.807) is 0 Å². The molecule has 0 radical (unpaired) electrons. The van der Waals surface area contributed by atoms with E-state index in [1.807, 2.05) is 0 Å².